The van der Waals surface area contributed by atoms with E-state index in [-0.39, 0.29) is 0 Å². The fourth-order valence-electron chi connectivity index (χ4n) is 10.6. The van der Waals surface area contributed by atoms with Gasteiger partial charge in [0.05, 0.1) is 11.4 Å². The number of fused-ring (bicyclic) bond motifs is 15. The first-order valence-corrected chi connectivity index (χ1v) is 22.9. The molecule has 0 amide bonds. The number of para-hydroxylation sites is 6. The summed E-state index contributed by atoms with van der Waals surface area (Å²) in [6.45, 7) is 0. The van der Waals surface area contributed by atoms with E-state index in [4.69, 9.17) is 17.7 Å². The van der Waals surface area contributed by atoms with Crippen LogP contribution in [0.25, 0.3) is 109 Å². The van der Waals surface area contributed by atoms with Crippen molar-refractivity contribution < 1.29 is 17.7 Å². The Kier molecular flexibility index (Phi) is 7.69. The quantitative estimate of drug-likeness (QED) is 0.166. The SMILES string of the molecule is c1ccc(N(c2ccc3cc4c(cc3c2)oc2c4ccc3c4cc5ccc(N(c6ccccc6)c6cccc7c6oc6ccccc67)cc5cc4oc32)c2cccc3c2oc2ccccc23)cc1. The van der Waals surface area contributed by atoms with Crippen LogP contribution in [0.2, 0.25) is 0 Å². The fraction of sp³-hybridized carbons (Fsp3) is 0. The first-order valence-electron chi connectivity index (χ1n) is 22.9. The number of hydrogen-bond donors (Lipinski definition) is 0. The topological polar surface area (TPSA) is 59.0 Å². The average molecular weight is 873 g/mol. The van der Waals surface area contributed by atoms with Crippen LogP contribution in [0.1, 0.15) is 0 Å². The summed E-state index contributed by atoms with van der Waals surface area (Å²) in [5, 5.41) is 12.9. The van der Waals surface area contributed by atoms with E-state index in [1.54, 1.807) is 0 Å². The molecular weight excluding hydrogens is 837 g/mol. The fourth-order valence-corrected chi connectivity index (χ4v) is 10.6. The third-order valence-corrected chi connectivity index (χ3v) is 13.8. The maximum absolute atomic E-state index is 6.83. The van der Waals surface area contributed by atoms with Crippen molar-refractivity contribution in [3.8, 4) is 0 Å². The van der Waals surface area contributed by atoms with Gasteiger partial charge < -0.3 is 27.5 Å². The first kappa shape index (κ1) is 37.0. The second kappa shape index (κ2) is 14.1. The van der Waals surface area contributed by atoms with Gasteiger partial charge in [-0.25, -0.2) is 0 Å². The molecule has 6 heteroatoms. The number of nitrogens with zero attached hydrogens (tertiary/aromatic N) is 2. The predicted octanol–water partition coefficient (Wildman–Crippen LogP) is 18.5. The van der Waals surface area contributed by atoms with E-state index in [0.29, 0.717) is 0 Å². The normalized spacial score (nSPS) is 12.1. The second-order valence-corrected chi connectivity index (χ2v) is 17.6. The Labute approximate surface area is 387 Å². The van der Waals surface area contributed by atoms with Gasteiger partial charge in [0.1, 0.15) is 22.3 Å². The lowest BCUT2D eigenvalue weighted by Crippen LogP contribution is -2.10. The third-order valence-electron chi connectivity index (χ3n) is 13.8. The lowest BCUT2D eigenvalue weighted by molar-refractivity contribution is 0.634. The van der Waals surface area contributed by atoms with Crippen molar-refractivity contribution in [3.63, 3.8) is 0 Å². The van der Waals surface area contributed by atoms with Gasteiger partial charge in [-0.05, 0) is 131 Å². The van der Waals surface area contributed by atoms with Gasteiger partial charge in [0.2, 0.25) is 0 Å². The Balaban J connectivity index is 0.856. The summed E-state index contributed by atoms with van der Waals surface area (Å²) in [5.74, 6) is 0. The minimum absolute atomic E-state index is 0.741. The van der Waals surface area contributed by atoms with Gasteiger partial charge in [-0.15, -0.1) is 0 Å². The number of hydrogen-bond acceptors (Lipinski definition) is 6. The maximum atomic E-state index is 6.83. The number of benzene rings is 11. The molecule has 0 unspecified atom stereocenters. The largest absolute Gasteiger partial charge is 0.454 e. The molecule has 0 spiro atoms. The summed E-state index contributed by atoms with van der Waals surface area (Å²) in [6, 6.07) is 76.6. The molecule has 0 radical (unpaired) electrons. The van der Waals surface area contributed by atoms with Gasteiger partial charge >= 0.3 is 0 Å². The molecule has 318 valence electrons. The van der Waals surface area contributed by atoms with Crippen molar-refractivity contribution in [1.82, 2.24) is 0 Å². The first-order chi connectivity index (χ1) is 33.7. The molecule has 15 aromatic rings. The van der Waals surface area contributed by atoms with E-state index >= 15 is 0 Å². The van der Waals surface area contributed by atoms with Gasteiger partial charge in [-0.2, -0.15) is 0 Å². The van der Waals surface area contributed by atoms with Gasteiger partial charge in [0.15, 0.2) is 22.3 Å². The zero-order valence-corrected chi connectivity index (χ0v) is 36.3. The molecule has 0 N–H and O–H groups in total. The van der Waals surface area contributed by atoms with Crippen LogP contribution < -0.4 is 9.80 Å². The highest BCUT2D eigenvalue weighted by atomic mass is 16.4. The van der Waals surface area contributed by atoms with Crippen molar-refractivity contribution in [2.45, 2.75) is 0 Å². The number of anilines is 6. The molecular formula is C62H36N2O4. The Morgan fingerprint density at radius 3 is 1.09 bits per heavy atom. The molecule has 11 aromatic carbocycles. The molecule has 4 heterocycles. The van der Waals surface area contributed by atoms with Crippen LogP contribution in [-0.2, 0) is 0 Å². The summed E-state index contributed by atoms with van der Waals surface area (Å²) in [6.07, 6.45) is 0. The van der Waals surface area contributed by atoms with Crippen molar-refractivity contribution >= 4 is 143 Å². The maximum Gasteiger partial charge on any atom is 0.178 e. The van der Waals surface area contributed by atoms with Crippen molar-refractivity contribution in [2.75, 3.05) is 9.80 Å². The van der Waals surface area contributed by atoms with E-state index < -0.39 is 0 Å². The average Bonchev–Trinajstić information content (AvgIpc) is 4.16. The highest BCUT2D eigenvalue weighted by Crippen LogP contribution is 2.47. The van der Waals surface area contributed by atoms with E-state index in [2.05, 4.69) is 192 Å². The smallest absolute Gasteiger partial charge is 0.178 e. The van der Waals surface area contributed by atoms with Crippen molar-refractivity contribution in [3.05, 3.63) is 218 Å². The van der Waals surface area contributed by atoms with E-state index in [1.807, 2.05) is 36.4 Å². The molecule has 0 aliphatic heterocycles. The lowest BCUT2D eigenvalue weighted by atomic mass is 10.0. The number of furan rings is 4. The van der Waals surface area contributed by atoms with E-state index in [9.17, 15) is 0 Å². The third kappa shape index (κ3) is 5.46. The van der Waals surface area contributed by atoms with E-state index in [1.165, 1.54) is 0 Å². The Hall–Kier alpha value is -9.26. The Morgan fingerprint density at radius 1 is 0.221 bits per heavy atom. The van der Waals surface area contributed by atoms with Gasteiger partial charge in [0, 0.05) is 65.8 Å². The van der Waals surface area contributed by atoms with Gasteiger partial charge in [-0.1, -0.05) is 109 Å². The summed E-state index contributed by atoms with van der Waals surface area (Å²) in [5.41, 5.74) is 12.6. The predicted molar refractivity (Wildman–Crippen MR) is 280 cm³/mol. The highest BCUT2D eigenvalue weighted by Gasteiger charge is 2.23. The molecule has 0 atom stereocenters. The molecule has 0 aliphatic rings. The van der Waals surface area contributed by atoms with Crippen LogP contribution in [0.5, 0.6) is 0 Å². The molecule has 6 nitrogen and oxygen atoms in total. The summed E-state index contributed by atoms with van der Waals surface area (Å²) in [4.78, 5) is 4.55. The van der Waals surface area contributed by atoms with Gasteiger partial charge in [0.25, 0.3) is 0 Å². The van der Waals surface area contributed by atoms with Crippen LogP contribution >= 0.6 is 0 Å². The Morgan fingerprint density at radius 2 is 0.618 bits per heavy atom. The molecule has 15 rings (SSSR count). The van der Waals surface area contributed by atoms with Crippen LogP contribution in [0.15, 0.2) is 236 Å². The molecule has 68 heavy (non-hydrogen) atoms. The second-order valence-electron chi connectivity index (χ2n) is 17.6. The van der Waals surface area contributed by atoms with E-state index in [0.717, 1.165) is 143 Å². The number of rotatable bonds is 6. The molecule has 0 saturated carbocycles. The molecule has 0 bridgehead atoms. The lowest BCUT2D eigenvalue weighted by Gasteiger charge is -2.25. The van der Waals surface area contributed by atoms with Crippen LogP contribution in [0.4, 0.5) is 34.1 Å². The summed E-state index contributed by atoms with van der Waals surface area (Å²) >= 11 is 0. The standard InChI is InChI=1S/C62H36N2O4/c1-3-13-41(14-4-1)63(53-21-11-19-47-45-17-7-9-23-55(45)65-59(47)53)43-27-25-37-33-51-49-29-30-50-52-34-38-26-28-44(32-40(38)36-58(52)68-62(50)61(49)67-57(51)35-39(37)31-43)64(42-15-5-2-6-16-42)54-22-12-20-48-46-18-8-10-24-56(46)66-60(48)54/h1-36H. The minimum Gasteiger partial charge on any atom is -0.454 e. The molecule has 0 saturated heterocycles. The van der Waals surface area contributed by atoms with Gasteiger partial charge in [-0.3, -0.25) is 0 Å². The van der Waals surface area contributed by atoms with Crippen LogP contribution in [0.3, 0.4) is 0 Å². The molecule has 0 fully saturated rings. The van der Waals surface area contributed by atoms with Crippen LogP contribution in [-0.4, -0.2) is 0 Å². The summed E-state index contributed by atoms with van der Waals surface area (Å²) < 4.78 is 26.8. The minimum atomic E-state index is 0.741. The zero-order valence-electron chi connectivity index (χ0n) is 36.3. The van der Waals surface area contributed by atoms with Crippen LogP contribution in [0, 0.1) is 0 Å². The molecule has 0 aliphatic carbocycles. The zero-order chi connectivity index (χ0) is 44.5. The Bertz CT molecular complexity index is 4230. The molecule has 4 aromatic heterocycles. The summed E-state index contributed by atoms with van der Waals surface area (Å²) in [7, 11) is 0. The highest BCUT2D eigenvalue weighted by molar-refractivity contribution is 6.22. The van der Waals surface area contributed by atoms with Crippen molar-refractivity contribution in [2.24, 2.45) is 0 Å². The van der Waals surface area contributed by atoms with Crippen molar-refractivity contribution in [1.29, 1.82) is 0 Å². The monoisotopic (exact) mass is 872 g/mol.